The molecule has 0 rings (SSSR count). The van der Waals surface area contributed by atoms with E-state index in [0.29, 0.717) is 6.42 Å². The van der Waals surface area contributed by atoms with E-state index in [2.05, 4.69) is 5.90 Å². The molecule has 0 aliphatic rings. The molecule has 0 fully saturated rings. The van der Waals surface area contributed by atoms with Gasteiger partial charge in [-0.3, -0.25) is 0 Å². The van der Waals surface area contributed by atoms with E-state index in [4.69, 9.17) is 5.21 Å². The molecule has 0 amide bonds. The smallest absolute Gasteiger partial charge is 0.129 e. The Morgan fingerprint density at radius 1 is 1.71 bits per heavy atom. The van der Waals surface area contributed by atoms with E-state index in [-0.39, 0.29) is 5.78 Å². The van der Waals surface area contributed by atoms with Gasteiger partial charge < -0.3 is 10.0 Å². The van der Waals surface area contributed by atoms with Gasteiger partial charge in [-0.05, 0) is 6.92 Å². The highest BCUT2D eigenvalue weighted by atomic mass is 16.4. The summed E-state index contributed by atoms with van der Waals surface area (Å²) in [4.78, 5) is 9.81. The molecule has 0 saturated heterocycles. The quantitative estimate of drug-likeness (QED) is 0.472. The third kappa shape index (κ3) is 28.5. The first kappa shape index (κ1) is 9.77. The van der Waals surface area contributed by atoms with E-state index in [1.54, 1.807) is 6.92 Å². The summed E-state index contributed by atoms with van der Waals surface area (Å²) in [6.07, 6.45) is 0.667. The van der Waals surface area contributed by atoms with Gasteiger partial charge >= 0.3 is 0 Å². The standard InChI is InChI=1S/C4H8O.H3NO/c1-3-4(2)5;1-2/h3H2,1-2H3;2H,1H2. The number of carbonyl (C=O) groups is 1. The summed E-state index contributed by atoms with van der Waals surface area (Å²) in [7, 11) is 0. The predicted octanol–water partition coefficient (Wildman–Crippen LogP) is 0.320. The SMILES string of the molecule is CCC(C)=O.NO. The first-order chi connectivity index (χ1) is 3.27. The zero-order valence-corrected chi connectivity index (χ0v) is 4.64. The Balaban J connectivity index is 0. The zero-order chi connectivity index (χ0) is 6.28. The van der Waals surface area contributed by atoms with Crippen molar-refractivity contribution in [1.82, 2.24) is 0 Å². The fraction of sp³-hybridized carbons (Fsp3) is 0.750. The topological polar surface area (TPSA) is 63.3 Å². The normalized spacial score (nSPS) is 6.29. The molecule has 3 N–H and O–H groups in total. The number of hydrogen-bond donors (Lipinski definition) is 2. The van der Waals surface area contributed by atoms with Crippen LogP contribution in [0.15, 0.2) is 0 Å². The Kier molecular flexibility index (Phi) is 12.8. The van der Waals surface area contributed by atoms with E-state index >= 15 is 0 Å². The minimum absolute atomic E-state index is 0.255. The van der Waals surface area contributed by atoms with Crippen molar-refractivity contribution in [2.24, 2.45) is 5.90 Å². The molecule has 0 aliphatic carbocycles. The van der Waals surface area contributed by atoms with Crippen LogP contribution in [0.2, 0.25) is 0 Å². The summed E-state index contributed by atoms with van der Waals surface area (Å²) in [5.74, 6) is 3.75. The van der Waals surface area contributed by atoms with Gasteiger partial charge in [0.05, 0.1) is 0 Å². The lowest BCUT2D eigenvalue weighted by Crippen LogP contribution is -1.80. The van der Waals surface area contributed by atoms with Crippen molar-refractivity contribution >= 4 is 5.78 Å². The summed E-state index contributed by atoms with van der Waals surface area (Å²) < 4.78 is 0. The van der Waals surface area contributed by atoms with Crippen molar-refractivity contribution in [2.75, 3.05) is 0 Å². The van der Waals surface area contributed by atoms with Crippen molar-refractivity contribution in [2.45, 2.75) is 20.3 Å². The lowest BCUT2D eigenvalue weighted by atomic mass is 10.4. The summed E-state index contributed by atoms with van der Waals surface area (Å²) in [6, 6.07) is 0. The molecule has 0 aromatic carbocycles. The Hall–Kier alpha value is -0.410. The molecule has 0 saturated carbocycles. The molecule has 0 radical (unpaired) electrons. The number of Topliss-reactive ketones (excluding diaryl/α,β-unsaturated/α-hetero) is 1. The van der Waals surface area contributed by atoms with Crippen molar-refractivity contribution in [3.63, 3.8) is 0 Å². The molecule has 0 spiro atoms. The van der Waals surface area contributed by atoms with E-state index in [1.807, 2.05) is 6.92 Å². The molecule has 44 valence electrons. The highest BCUT2D eigenvalue weighted by Crippen LogP contribution is 1.71. The van der Waals surface area contributed by atoms with Crippen LogP contribution < -0.4 is 5.90 Å². The first-order valence-electron chi connectivity index (χ1n) is 2.02. The molecule has 0 bridgehead atoms. The van der Waals surface area contributed by atoms with Gasteiger partial charge in [0.15, 0.2) is 0 Å². The molecule has 0 atom stereocenters. The van der Waals surface area contributed by atoms with E-state index in [1.165, 1.54) is 0 Å². The average Bonchev–Trinajstić information content (AvgIpc) is 1.73. The highest BCUT2D eigenvalue weighted by molar-refractivity contribution is 5.74. The second kappa shape index (κ2) is 9.14. The van der Waals surface area contributed by atoms with Gasteiger partial charge in [0.2, 0.25) is 0 Å². The summed E-state index contributed by atoms with van der Waals surface area (Å²) in [5, 5.41) is 6.50. The number of nitrogens with two attached hydrogens (primary N) is 1. The Labute approximate surface area is 43.1 Å². The van der Waals surface area contributed by atoms with E-state index in [0.717, 1.165) is 0 Å². The highest BCUT2D eigenvalue weighted by Gasteiger charge is 1.76. The predicted molar refractivity (Wildman–Crippen MR) is 26.9 cm³/mol. The molecule has 7 heavy (non-hydrogen) atoms. The van der Waals surface area contributed by atoms with Gasteiger partial charge in [-0.1, -0.05) is 6.92 Å². The molecule has 0 heterocycles. The second-order valence-electron chi connectivity index (χ2n) is 1.06. The fourth-order valence-corrected chi connectivity index (χ4v) is 0. The molecular weight excluding hydrogens is 94.0 g/mol. The largest absolute Gasteiger partial charge is 0.320 e. The van der Waals surface area contributed by atoms with Crippen molar-refractivity contribution < 1.29 is 10.0 Å². The lowest BCUT2D eigenvalue weighted by molar-refractivity contribution is -0.116. The van der Waals surface area contributed by atoms with E-state index < -0.39 is 0 Å². The minimum Gasteiger partial charge on any atom is -0.320 e. The van der Waals surface area contributed by atoms with Crippen LogP contribution in [-0.2, 0) is 4.79 Å². The van der Waals surface area contributed by atoms with Gasteiger partial charge in [-0.25, -0.2) is 5.90 Å². The maximum Gasteiger partial charge on any atom is 0.129 e. The molecule has 0 aromatic heterocycles. The first-order valence-corrected chi connectivity index (χ1v) is 2.02. The average molecular weight is 105 g/mol. The van der Waals surface area contributed by atoms with E-state index in [9.17, 15) is 4.79 Å². The van der Waals surface area contributed by atoms with Gasteiger partial charge in [0, 0.05) is 6.42 Å². The monoisotopic (exact) mass is 105 g/mol. The molecule has 0 aromatic rings. The zero-order valence-electron chi connectivity index (χ0n) is 4.64. The minimum atomic E-state index is 0.255. The molecular formula is C4H11NO2. The van der Waals surface area contributed by atoms with Crippen LogP contribution in [0.25, 0.3) is 0 Å². The van der Waals surface area contributed by atoms with Crippen LogP contribution in [0, 0.1) is 0 Å². The third-order valence-electron chi connectivity index (χ3n) is 0.498. The summed E-state index contributed by atoms with van der Waals surface area (Å²) >= 11 is 0. The molecule has 0 unspecified atom stereocenters. The molecule has 3 heteroatoms. The van der Waals surface area contributed by atoms with Gasteiger partial charge in [-0.2, -0.15) is 0 Å². The second-order valence-corrected chi connectivity index (χ2v) is 1.06. The van der Waals surface area contributed by atoms with Crippen LogP contribution in [0.1, 0.15) is 20.3 Å². The van der Waals surface area contributed by atoms with Gasteiger partial charge in [0.25, 0.3) is 0 Å². The van der Waals surface area contributed by atoms with Crippen molar-refractivity contribution in [3.05, 3.63) is 0 Å². The van der Waals surface area contributed by atoms with Crippen LogP contribution >= 0.6 is 0 Å². The van der Waals surface area contributed by atoms with Crippen molar-refractivity contribution in [1.29, 1.82) is 0 Å². The van der Waals surface area contributed by atoms with Crippen LogP contribution in [0.4, 0.5) is 0 Å². The number of carbonyl (C=O) groups excluding carboxylic acids is 1. The lowest BCUT2D eigenvalue weighted by Gasteiger charge is -1.71. The van der Waals surface area contributed by atoms with Gasteiger partial charge in [0.1, 0.15) is 5.78 Å². The Morgan fingerprint density at radius 3 is 1.86 bits per heavy atom. The summed E-state index contributed by atoms with van der Waals surface area (Å²) in [5.41, 5.74) is 0. The molecule has 0 aliphatic heterocycles. The maximum absolute atomic E-state index is 9.81. The Bertz CT molecular complexity index is 45.0. The third-order valence-corrected chi connectivity index (χ3v) is 0.498. The molecule has 3 nitrogen and oxygen atoms in total. The number of ketones is 1. The summed E-state index contributed by atoms with van der Waals surface area (Å²) in [6.45, 7) is 3.43. The number of rotatable bonds is 1. The van der Waals surface area contributed by atoms with Crippen LogP contribution in [0.5, 0.6) is 0 Å². The van der Waals surface area contributed by atoms with Gasteiger partial charge in [-0.15, -0.1) is 0 Å². The number of hydrogen-bond acceptors (Lipinski definition) is 3. The Morgan fingerprint density at radius 2 is 1.86 bits per heavy atom. The fourth-order valence-electron chi connectivity index (χ4n) is 0. The van der Waals surface area contributed by atoms with Crippen LogP contribution in [-0.4, -0.2) is 11.0 Å². The van der Waals surface area contributed by atoms with Crippen molar-refractivity contribution in [3.8, 4) is 0 Å². The maximum atomic E-state index is 9.81. The van der Waals surface area contributed by atoms with Crippen LogP contribution in [0.3, 0.4) is 0 Å².